The minimum Gasteiger partial charge on any atom is -0.497 e. The lowest BCUT2D eigenvalue weighted by molar-refractivity contribution is -0.115. The van der Waals surface area contributed by atoms with Gasteiger partial charge in [0.05, 0.1) is 27.8 Å². The van der Waals surface area contributed by atoms with E-state index in [0.29, 0.717) is 13.0 Å². The molecule has 0 radical (unpaired) electrons. The first-order valence-electron chi connectivity index (χ1n) is 9.58. The van der Waals surface area contributed by atoms with Crippen molar-refractivity contribution in [2.75, 3.05) is 32.0 Å². The molecule has 6 nitrogen and oxygen atoms in total. The predicted octanol–water partition coefficient (Wildman–Crippen LogP) is 4.51. The number of amides is 1. The average molecular weight is 406 g/mol. The zero-order valence-corrected chi connectivity index (χ0v) is 17.4. The number of hydrogen-bond acceptors (Lipinski definition) is 5. The van der Waals surface area contributed by atoms with Gasteiger partial charge in [0.25, 0.3) is 0 Å². The van der Waals surface area contributed by atoms with E-state index in [-0.39, 0.29) is 5.91 Å². The highest BCUT2D eigenvalue weighted by atomic mass is 16.5. The Kier molecular flexibility index (Phi) is 7.16. The molecule has 3 aromatic rings. The Morgan fingerprint density at radius 2 is 1.27 bits per heavy atom. The molecule has 1 amide bonds. The summed E-state index contributed by atoms with van der Waals surface area (Å²) in [5.74, 6) is 2.20. The van der Waals surface area contributed by atoms with Crippen molar-refractivity contribution in [3.05, 3.63) is 77.9 Å². The number of carbonyl (C=O) groups is 1. The topological polar surface area (TPSA) is 68.8 Å². The van der Waals surface area contributed by atoms with Gasteiger partial charge in [-0.05, 0) is 59.7 Å². The molecule has 0 unspecified atom stereocenters. The smallest absolute Gasteiger partial charge is 0.228 e. The third-order valence-corrected chi connectivity index (χ3v) is 4.60. The summed E-state index contributed by atoms with van der Waals surface area (Å²) in [4.78, 5) is 12.3. The molecule has 156 valence electrons. The van der Waals surface area contributed by atoms with Crippen LogP contribution in [0.3, 0.4) is 0 Å². The molecule has 0 bridgehead atoms. The van der Waals surface area contributed by atoms with E-state index in [1.165, 1.54) is 0 Å². The van der Waals surface area contributed by atoms with Gasteiger partial charge in [-0.15, -0.1) is 0 Å². The van der Waals surface area contributed by atoms with Crippen molar-refractivity contribution in [2.45, 2.75) is 13.0 Å². The SMILES string of the molecule is COc1ccc(NC(=O)Cc2ccc(NCc3cc(OC)cc(OC)c3)cc2)cc1. The monoisotopic (exact) mass is 406 g/mol. The van der Waals surface area contributed by atoms with Gasteiger partial charge in [-0.25, -0.2) is 0 Å². The first kappa shape index (κ1) is 21.0. The normalized spacial score (nSPS) is 10.2. The van der Waals surface area contributed by atoms with E-state index in [2.05, 4.69) is 10.6 Å². The number of ether oxygens (including phenoxy) is 3. The van der Waals surface area contributed by atoms with E-state index in [4.69, 9.17) is 14.2 Å². The number of carbonyl (C=O) groups excluding carboxylic acids is 1. The highest BCUT2D eigenvalue weighted by Gasteiger charge is 2.06. The lowest BCUT2D eigenvalue weighted by Gasteiger charge is -2.11. The van der Waals surface area contributed by atoms with Gasteiger partial charge in [0.1, 0.15) is 17.2 Å². The van der Waals surface area contributed by atoms with Crippen LogP contribution >= 0.6 is 0 Å². The molecule has 3 rings (SSSR count). The Bertz CT molecular complexity index is 947. The van der Waals surface area contributed by atoms with Crippen molar-refractivity contribution in [1.29, 1.82) is 0 Å². The van der Waals surface area contributed by atoms with Crippen molar-refractivity contribution in [3.63, 3.8) is 0 Å². The van der Waals surface area contributed by atoms with Crippen molar-refractivity contribution in [1.82, 2.24) is 0 Å². The molecule has 0 saturated heterocycles. The minimum atomic E-state index is -0.0654. The molecule has 2 N–H and O–H groups in total. The van der Waals surface area contributed by atoms with Crippen molar-refractivity contribution < 1.29 is 19.0 Å². The molecular weight excluding hydrogens is 380 g/mol. The summed E-state index contributed by atoms with van der Waals surface area (Å²) in [6.07, 6.45) is 0.305. The van der Waals surface area contributed by atoms with Crippen molar-refractivity contribution >= 4 is 17.3 Å². The summed E-state index contributed by atoms with van der Waals surface area (Å²) in [5, 5.41) is 6.26. The van der Waals surface area contributed by atoms with Gasteiger partial charge in [0.15, 0.2) is 0 Å². The third-order valence-electron chi connectivity index (χ3n) is 4.60. The zero-order chi connectivity index (χ0) is 21.3. The van der Waals surface area contributed by atoms with E-state index in [9.17, 15) is 4.79 Å². The Balaban J connectivity index is 1.53. The Labute approximate surface area is 176 Å². The highest BCUT2D eigenvalue weighted by Crippen LogP contribution is 2.23. The Hall–Kier alpha value is -3.67. The lowest BCUT2D eigenvalue weighted by Crippen LogP contribution is -2.14. The number of methoxy groups -OCH3 is 3. The highest BCUT2D eigenvalue weighted by molar-refractivity contribution is 5.92. The van der Waals surface area contributed by atoms with Crippen LogP contribution in [-0.2, 0) is 17.8 Å². The van der Waals surface area contributed by atoms with Crippen LogP contribution < -0.4 is 24.8 Å². The Morgan fingerprint density at radius 1 is 0.700 bits per heavy atom. The van der Waals surface area contributed by atoms with Gasteiger partial charge in [0.2, 0.25) is 5.91 Å². The fraction of sp³-hybridized carbons (Fsp3) is 0.208. The van der Waals surface area contributed by atoms with Crippen LogP contribution in [0.1, 0.15) is 11.1 Å². The molecule has 6 heteroatoms. The molecule has 0 atom stereocenters. The number of hydrogen-bond donors (Lipinski definition) is 2. The third kappa shape index (κ3) is 5.91. The quantitative estimate of drug-likeness (QED) is 0.547. The number of rotatable bonds is 9. The first-order valence-corrected chi connectivity index (χ1v) is 9.58. The number of benzene rings is 3. The van der Waals surface area contributed by atoms with Crippen LogP contribution in [0.4, 0.5) is 11.4 Å². The second-order valence-corrected chi connectivity index (χ2v) is 6.72. The van der Waals surface area contributed by atoms with Gasteiger partial charge in [-0.2, -0.15) is 0 Å². The minimum absolute atomic E-state index is 0.0654. The van der Waals surface area contributed by atoms with Crippen LogP contribution in [0.15, 0.2) is 66.7 Å². The molecule has 0 aromatic heterocycles. The molecule has 30 heavy (non-hydrogen) atoms. The van der Waals surface area contributed by atoms with E-state index in [1.807, 2.05) is 66.7 Å². The standard InChI is InChI=1S/C24H26N2O4/c1-28-21-10-8-20(9-11-21)26-24(27)14-17-4-6-19(7-5-17)25-16-18-12-22(29-2)15-23(13-18)30-3/h4-13,15,25H,14,16H2,1-3H3,(H,26,27). The average Bonchev–Trinajstić information content (AvgIpc) is 2.78. The fourth-order valence-electron chi connectivity index (χ4n) is 2.98. The second-order valence-electron chi connectivity index (χ2n) is 6.72. The van der Waals surface area contributed by atoms with Crippen LogP contribution in [0.5, 0.6) is 17.2 Å². The zero-order valence-electron chi connectivity index (χ0n) is 17.4. The molecule has 0 aliphatic carbocycles. The summed E-state index contributed by atoms with van der Waals surface area (Å²) >= 11 is 0. The van der Waals surface area contributed by atoms with Gasteiger partial charge >= 0.3 is 0 Å². The fourth-order valence-corrected chi connectivity index (χ4v) is 2.98. The molecule has 0 spiro atoms. The van der Waals surface area contributed by atoms with E-state index >= 15 is 0 Å². The molecule has 0 aliphatic heterocycles. The summed E-state index contributed by atoms with van der Waals surface area (Å²) in [6, 6.07) is 20.9. The molecule has 0 aliphatic rings. The largest absolute Gasteiger partial charge is 0.497 e. The number of nitrogens with one attached hydrogen (secondary N) is 2. The summed E-state index contributed by atoms with van der Waals surface area (Å²) < 4.78 is 15.7. The Morgan fingerprint density at radius 3 is 1.83 bits per heavy atom. The molecule has 3 aromatic carbocycles. The van der Waals surface area contributed by atoms with E-state index in [1.54, 1.807) is 21.3 Å². The van der Waals surface area contributed by atoms with E-state index < -0.39 is 0 Å². The number of anilines is 2. The van der Waals surface area contributed by atoms with Crippen molar-refractivity contribution in [2.24, 2.45) is 0 Å². The van der Waals surface area contributed by atoms with Crippen molar-refractivity contribution in [3.8, 4) is 17.2 Å². The second kappa shape index (κ2) is 10.2. The summed E-state index contributed by atoms with van der Waals surface area (Å²) in [7, 11) is 4.88. The van der Waals surface area contributed by atoms with Gasteiger partial charge in [0, 0.05) is 24.0 Å². The molecule has 0 heterocycles. The lowest BCUT2D eigenvalue weighted by atomic mass is 10.1. The maximum Gasteiger partial charge on any atom is 0.228 e. The molecular formula is C24H26N2O4. The predicted molar refractivity (Wildman–Crippen MR) is 119 cm³/mol. The van der Waals surface area contributed by atoms with Gasteiger partial charge in [-0.1, -0.05) is 12.1 Å². The van der Waals surface area contributed by atoms with Gasteiger partial charge < -0.3 is 24.8 Å². The van der Waals surface area contributed by atoms with E-state index in [0.717, 1.165) is 39.8 Å². The summed E-state index contributed by atoms with van der Waals surface area (Å²) in [5.41, 5.74) is 3.70. The first-order chi connectivity index (χ1) is 14.6. The molecule has 0 saturated carbocycles. The van der Waals surface area contributed by atoms with Crippen LogP contribution in [0.25, 0.3) is 0 Å². The maximum atomic E-state index is 12.3. The van der Waals surface area contributed by atoms with Crippen LogP contribution in [0, 0.1) is 0 Å². The summed E-state index contributed by atoms with van der Waals surface area (Å²) in [6.45, 7) is 0.630. The van der Waals surface area contributed by atoms with Crippen LogP contribution in [-0.4, -0.2) is 27.2 Å². The van der Waals surface area contributed by atoms with Crippen LogP contribution in [0.2, 0.25) is 0 Å². The maximum absolute atomic E-state index is 12.3. The molecule has 0 fully saturated rings. The van der Waals surface area contributed by atoms with Gasteiger partial charge in [-0.3, -0.25) is 4.79 Å².